The van der Waals surface area contributed by atoms with Gasteiger partial charge in [-0.3, -0.25) is 11.3 Å². The Hall–Kier alpha value is -1.13. The summed E-state index contributed by atoms with van der Waals surface area (Å²) in [6.45, 7) is 4.36. The van der Waals surface area contributed by atoms with E-state index in [2.05, 4.69) is 24.3 Å². The van der Waals surface area contributed by atoms with Gasteiger partial charge >= 0.3 is 0 Å². The molecule has 5 N–H and O–H groups in total. The fraction of sp³-hybridized carbons (Fsp3) is 0.667. The SMILES string of the molecule is CCC1CCC(C(NN)c2c(C)ccnc2N)CC1. The van der Waals surface area contributed by atoms with Gasteiger partial charge in [0.15, 0.2) is 0 Å². The minimum absolute atomic E-state index is 0.131. The molecule has 19 heavy (non-hydrogen) atoms. The van der Waals surface area contributed by atoms with Gasteiger partial charge in [-0.05, 0) is 43.2 Å². The first-order valence-corrected chi connectivity index (χ1v) is 7.34. The quantitative estimate of drug-likeness (QED) is 0.576. The van der Waals surface area contributed by atoms with Gasteiger partial charge in [0.05, 0.1) is 6.04 Å². The molecule has 1 aliphatic rings. The van der Waals surface area contributed by atoms with Crippen molar-refractivity contribution in [3.05, 3.63) is 23.4 Å². The number of rotatable bonds is 4. The van der Waals surface area contributed by atoms with Crippen molar-refractivity contribution in [3.63, 3.8) is 0 Å². The lowest BCUT2D eigenvalue weighted by Gasteiger charge is -2.34. The highest BCUT2D eigenvalue weighted by atomic mass is 15.2. The Morgan fingerprint density at radius 3 is 2.58 bits per heavy atom. The van der Waals surface area contributed by atoms with Crippen molar-refractivity contribution in [2.24, 2.45) is 17.7 Å². The van der Waals surface area contributed by atoms with E-state index in [1.54, 1.807) is 6.20 Å². The van der Waals surface area contributed by atoms with E-state index in [1.165, 1.54) is 37.7 Å². The molecule has 0 bridgehead atoms. The lowest BCUT2D eigenvalue weighted by atomic mass is 9.75. The van der Waals surface area contributed by atoms with Crippen LogP contribution in [0.4, 0.5) is 5.82 Å². The topological polar surface area (TPSA) is 77.0 Å². The van der Waals surface area contributed by atoms with Gasteiger partial charge < -0.3 is 5.73 Å². The van der Waals surface area contributed by atoms with E-state index in [-0.39, 0.29) is 6.04 Å². The lowest BCUT2D eigenvalue weighted by Crippen LogP contribution is -2.36. The van der Waals surface area contributed by atoms with Gasteiger partial charge in [0, 0.05) is 11.8 Å². The van der Waals surface area contributed by atoms with E-state index in [9.17, 15) is 0 Å². The predicted octanol–water partition coefficient (Wildman–Crippen LogP) is 2.69. The van der Waals surface area contributed by atoms with Crippen LogP contribution in [-0.2, 0) is 0 Å². The second-order valence-electron chi connectivity index (χ2n) is 5.76. The Kier molecular flexibility index (Phi) is 4.77. The second kappa shape index (κ2) is 6.35. The number of nitrogen functional groups attached to an aromatic ring is 1. The second-order valence-corrected chi connectivity index (χ2v) is 5.76. The molecule has 0 spiro atoms. The zero-order chi connectivity index (χ0) is 13.8. The summed E-state index contributed by atoms with van der Waals surface area (Å²) >= 11 is 0. The van der Waals surface area contributed by atoms with Gasteiger partial charge in [0.1, 0.15) is 5.82 Å². The number of nitrogens with one attached hydrogen (secondary N) is 1. The molecule has 4 nitrogen and oxygen atoms in total. The maximum Gasteiger partial charge on any atom is 0.128 e. The summed E-state index contributed by atoms with van der Waals surface area (Å²) in [6.07, 6.45) is 8.11. The van der Waals surface area contributed by atoms with Crippen LogP contribution in [0.3, 0.4) is 0 Å². The molecule has 106 valence electrons. The Balaban J connectivity index is 2.17. The highest BCUT2D eigenvalue weighted by Crippen LogP contribution is 2.39. The molecule has 1 heterocycles. The van der Waals surface area contributed by atoms with Gasteiger partial charge in [-0.1, -0.05) is 26.2 Å². The van der Waals surface area contributed by atoms with Crippen LogP contribution in [0.2, 0.25) is 0 Å². The van der Waals surface area contributed by atoms with Gasteiger partial charge in [-0.25, -0.2) is 4.98 Å². The maximum atomic E-state index is 6.05. The number of aryl methyl sites for hydroxylation is 1. The number of hydrogen-bond acceptors (Lipinski definition) is 4. The van der Waals surface area contributed by atoms with Crippen LogP contribution in [0.15, 0.2) is 12.3 Å². The van der Waals surface area contributed by atoms with Crippen LogP contribution in [0, 0.1) is 18.8 Å². The molecule has 0 saturated heterocycles. The minimum Gasteiger partial charge on any atom is -0.383 e. The highest BCUT2D eigenvalue weighted by molar-refractivity contribution is 5.46. The average Bonchev–Trinajstić information content (AvgIpc) is 2.43. The highest BCUT2D eigenvalue weighted by Gasteiger charge is 2.29. The Bertz CT molecular complexity index is 390. The summed E-state index contributed by atoms with van der Waals surface area (Å²) in [5.74, 6) is 7.88. The van der Waals surface area contributed by atoms with E-state index in [0.717, 1.165) is 11.5 Å². The first-order valence-electron chi connectivity index (χ1n) is 7.34. The molecule has 2 rings (SSSR count). The van der Waals surface area contributed by atoms with Gasteiger partial charge in [-0.15, -0.1) is 0 Å². The summed E-state index contributed by atoms with van der Waals surface area (Å²) in [5.41, 5.74) is 11.3. The summed E-state index contributed by atoms with van der Waals surface area (Å²) in [5, 5.41) is 0. The number of hydrogen-bond donors (Lipinski definition) is 3. The van der Waals surface area contributed by atoms with E-state index < -0.39 is 0 Å². The van der Waals surface area contributed by atoms with Crippen molar-refractivity contribution in [2.75, 3.05) is 5.73 Å². The van der Waals surface area contributed by atoms with Crippen LogP contribution in [0.5, 0.6) is 0 Å². The fourth-order valence-corrected chi connectivity index (χ4v) is 3.38. The van der Waals surface area contributed by atoms with Crippen LogP contribution in [0.1, 0.15) is 56.2 Å². The first kappa shape index (κ1) is 14.3. The number of hydrazine groups is 1. The number of anilines is 1. The molecule has 1 aromatic heterocycles. The number of aromatic nitrogens is 1. The molecular formula is C15H26N4. The molecule has 0 amide bonds. The third-order valence-electron chi connectivity index (χ3n) is 4.67. The van der Waals surface area contributed by atoms with Crippen molar-refractivity contribution < 1.29 is 0 Å². The molecule has 4 heteroatoms. The zero-order valence-electron chi connectivity index (χ0n) is 12.0. The van der Waals surface area contributed by atoms with E-state index in [1.807, 2.05) is 6.07 Å². The van der Waals surface area contributed by atoms with Crippen molar-refractivity contribution in [3.8, 4) is 0 Å². The number of nitrogens with two attached hydrogens (primary N) is 2. The normalized spacial score (nSPS) is 25.2. The molecule has 1 saturated carbocycles. The third-order valence-corrected chi connectivity index (χ3v) is 4.67. The molecule has 0 aliphatic heterocycles. The fourth-order valence-electron chi connectivity index (χ4n) is 3.38. The lowest BCUT2D eigenvalue weighted by molar-refractivity contribution is 0.219. The largest absolute Gasteiger partial charge is 0.383 e. The zero-order valence-corrected chi connectivity index (χ0v) is 12.0. The van der Waals surface area contributed by atoms with Crippen LogP contribution < -0.4 is 17.0 Å². The molecule has 1 atom stereocenters. The summed E-state index contributed by atoms with van der Waals surface area (Å²) in [7, 11) is 0. The maximum absolute atomic E-state index is 6.05. The smallest absolute Gasteiger partial charge is 0.128 e. The molecule has 1 fully saturated rings. The van der Waals surface area contributed by atoms with Crippen molar-refractivity contribution in [2.45, 2.75) is 52.0 Å². The number of nitrogens with zero attached hydrogens (tertiary/aromatic N) is 1. The third kappa shape index (κ3) is 3.07. The molecular weight excluding hydrogens is 236 g/mol. The van der Waals surface area contributed by atoms with Gasteiger partial charge in [-0.2, -0.15) is 0 Å². The van der Waals surface area contributed by atoms with Crippen LogP contribution in [-0.4, -0.2) is 4.98 Å². The summed E-state index contributed by atoms with van der Waals surface area (Å²) in [6, 6.07) is 2.14. The first-order chi connectivity index (χ1) is 9.17. The van der Waals surface area contributed by atoms with E-state index >= 15 is 0 Å². The van der Waals surface area contributed by atoms with E-state index in [0.29, 0.717) is 11.7 Å². The van der Waals surface area contributed by atoms with E-state index in [4.69, 9.17) is 11.6 Å². The number of pyridine rings is 1. The minimum atomic E-state index is 0.131. The Labute approximate surface area is 115 Å². The van der Waals surface area contributed by atoms with Crippen LogP contribution >= 0.6 is 0 Å². The van der Waals surface area contributed by atoms with Crippen molar-refractivity contribution in [1.82, 2.24) is 10.4 Å². The molecule has 0 radical (unpaired) electrons. The molecule has 1 aromatic rings. The monoisotopic (exact) mass is 262 g/mol. The summed E-state index contributed by atoms with van der Waals surface area (Å²) < 4.78 is 0. The van der Waals surface area contributed by atoms with Crippen molar-refractivity contribution in [1.29, 1.82) is 0 Å². The van der Waals surface area contributed by atoms with Gasteiger partial charge in [0.25, 0.3) is 0 Å². The van der Waals surface area contributed by atoms with Crippen molar-refractivity contribution >= 4 is 5.82 Å². The molecule has 0 aromatic carbocycles. The molecule has 1 unspecified atom stereocenters. The standard InChI is InChI=1S/C15H26N4/c1-3-11-4-6-12(7-5-11)14(19-17)13-10(2)8-9-18-15(13)16/h8-9,11-12,14,19H,3-7,17H2,1-2H3,(H2,16,18). The average molecular weight is 262 g/mol. The molecule has 1 aliphatic carbocycles. The van der Waals surface area contributed by atoms with Crippen LogP contribution in [0.25, 0.3) is 0 Å². The predicted molar refractivity (Wildman–Crippen MR) is 79.2 cm³/mol. The summed E-state index contributed by atoms with van der Waals surface area (Å²) in [4.78, 5) is 4.22. The Morgan fingerprint density at radius 2 is 2.05 bits per heavy atom. The van der Waals surface area contributed by atoms with Gasteiger partial charge in [0.2, 0.25) is 0 Å². The Morgan fingerprint density at radius 1 is 1.37 bits per heavy atom.